The second-order valence-corrected chi connectivity index (χ2v) is 8.71. The second kappa shape index (κ2) is 4.21. The van der Waals surface area contributed by atoms with Crippen molar-refractivity contribution in [2.24, 2.45) is 0 Å². The average Bonchev–Trinajstić information content (AvgIpc) is 2.90. The van der Waals surface area contributed by atoms with Gasteiger partial charge in [0.05, 0.1) is 11.5 Å². The molecule has 1 aromatic rings. The van der Waals surface area contributed by atoms with Gasteiger partial charge in [0.15, 0.2) is 9.84 Å². The number of sulfone groups is 1. The van der Waals surface area contributed by atoms with Gasteiger partial charge in [-0.25, -0.2) is 8.42 Å². The normalized spacial score (nSPS) is 28.6. The first-order chi connectivity index (χ1) is 9.34. The molecule has 2 aliphatic rings. The fraction of sp³-hybridized carbons (Fsp3) is 0.467. The van der Waals surface area contributed by atoms with Crippen LogP contribution in [0.2, 0.25) is 0 Å². The van der Waals surface area contributed by atoms with E-state index < -0.39 is 14.6 Å². The molecule has 0 N–H and O–H groups in total. The van der Waals surface area contributed by atoms with Gasteiger partial charge < -0.3 is 4.74 Å². The maximum absolute atomic E-state index is 13.2. The van der Waals surface area contributed by atoms with Gasteiger partial charge in [-0.2, -0.15) is 0 Å². The van der Waals surface area contributed by atoms with Gasteiger partial charge in [-0.15, -0.1) is 11.3 Å². The largest absolute Gasteiger partial charge is 0.492 e. The van der Waals surface area contributed by atoms with E-state index in [1.165, 1.54) is 11.3 Å². The molecule has 3 heterocycles. The minimum Gasteiger partial charge on any atom is -0.492 e. The third kappa shape index (κ3) is 1.42. The number of ether oxygens (including phenoxy) is 1. The third-order valence-electron chi connectivity index (χ3n) is 4.83. The summed E-state index contributed by atoms with van der Waals surface area (Å²) < 4.78 is 31.1. The Morgan fingerprint density at radius 1 is 1.20 bits per heavy atom. The quantitative estimate of drug-likeness (QED) is 0.732. The Morgan fingerprint density at radius 2 is 1.90 bits per heavy atom. The molecule has 1 atom stereocenters. The fourth-order valence-corrected chi connectivity index (χ4v) is 7.07. The second-order valence-electron chi connectivity index (χ2n) is 5.47. The molecule has 0 saturated heterocycles. The van der Waals surface area contributed by atoms with Crippen molar-refractivity contribution in [3.8, 4) is 5.75 Å². The minimum absolute atomic E-state index is 0.444. The van der Waals surface area contributed by atoms with E-state index >= 15 is 0 Å². The Bertz CT molecular complexity index is 750. The van der Waals surface area contributed by atoms with Gasteiger partial charge in [-0.1, -0.05) is 0 Å². The Morgan fingerprint density at radius 3 is 2.60 bits per heavy atom. The maximum atomic E-state index is 13.2. The summed E-state index contributed by atoms with van der Waals surface area (Å²) in [5.74, 6) is 0.726. The molecule has 1 aromatic heterocycles. The van der Waals surface area contributed by atoms with Crippen LogP contribution in [0.5, 0.6) is 5.75 Å². The third-order valence-corrected chi connectivity index (χ3v) is 8.76. The van der Waals surface area contributed by atoms with Crippen molar-refractivity contribution >= 4 is 21.2 Å². The summed E-state index contributed by atoms with van der Waals surface area (Å²) in [5, 5.41) is 1.91. The summed E-state index contributed by atoms with van der Waals surface area (Å²) in [4.78, 5) is 1.34. The topological polar surface area (TPSA) is 43.4 Å². The fourth-order valence-electron chi connectivity index (χ4n) is 3.25. The monoisotopic (exact) mass is 310 g/mol. The van der Waals surface area contributed by atoms with Crippen LogP contribution in [0.15, 0.2) is 33.1 Å². The van der Waals surface area contributed by atoms with Crippen LogP contribution in [0.3, 0.4) is 0 Å². The lowest BCUT2D eigenvalue weighted by Crippen LogP contribution is -2.43. The van der Waals surface area contributed by atoms with Crippen LogP contribution in [0.4, 0.5) is 0 Å². The molecule has 0 fully saturated rings. The van der Waals surface area contributed by atoms with Crippen molar-refractivity contribution < 1.29 is 13.2 Å². The summed E-state index contributed by atoms with van der Waals surface area (Å²) in [6, 6.07) is 1.87. The predicted molar refractivity (Wildman–Crippen MR) is 81.8 cm³/mol. The van der Waals surface area contributed by atoms with Crippen LogP contribution in [0.25, 0.3) is 0 Å². The molecule has 1 unspecified atom stereocenters. The molecule has 0 bridgehead atoms. The molecule has 0 aromatic carbocycles. The molecule has 0 radical (unpaired) electrons. The van der Waals surface area contributed by atoms with Crippen molar-refractivity contribution in [1.82, 2.24) is 0 Å². The van der Waals surface area contributed by atoms with Crippen molar-refractivity contribution in [3.05, 3.63) is 37.9 Å². The van der Waals surface area contributed by atoms with E-state index in [0.717, 1.165) is 27.3 Å². The van der Waals surface area contributed by atoms with Crippen LogP contribution < -0.4 is 4.74 Å². The number of hydrogen-bond acceptors (Lipinski definition) is 4. The first-order valence-electron chi connectivity index (χ1n) is 6.65. The molecule has 108 valence electrons. The zero-order valence-corrected chi connectivity index (χ0v) is 13.7. The Labute approximate surface area is 123 Å². The van der Waals surface area contributed by atoms with Gasteiger partial charge in [0, 0.05) is 11.3 Å². The van der Waals surface area contributed by atoms with Crippen molar-refractivity contribution in [2.45, 2.75) is 38.9 Å². The molecule has 3 nitrogen and oxygen atoms in total. The molecular formula is C15H18O3S2. The van der Waals surface area contributed by atoms with Crippen LogP contribution >= 0.6 is 11.3 Å². The van der Waals surface area contributed by atoms with E-state index in [1.807, 2.05) is 32.2 Å². The summed E-state index contributed by atoms with van der Waals surface area (Å²) in [6.45, 7) is 8.04. The van der Waals surface area contributed by atoms with Gasteiger partial charge in [-0.3, -0.25) is 0 Å². The SMILES string of the molecule is CC1=C(C)C2(CCOc3ccsc32)S(=O)(=O)C(C)=C1C. The molecule has 2 aliphatic heterocycles. The Kier molecular flexibility index (Phi) is 2.93. The highest BCUT2D eigenvalue weighted by atomic mass is 32.2. The maximum Gasteiger partial charge on any atom is 0.189 e. The Hall–Kier alpha value is -1.07. The molecular weight excluding hydrogens is 292 g/mol. The zero-order valence-electron chi connectivity index (χ0n) is 12.1. The first kappa shape index (κ1) is 13.9. The van der Waals surface area contributed by atoms with Gasteiger partial charge in [0.1, 0.15) is 10.5 Å². The number of hydrogen-bond donors (Lipinski definition) is 0. The average molecular weight is 310 g/mol. The Balaban J connectivity index is 2.42. The van der Waals surface area contributed by atoms with Gasteiger partial charge in [0.2, 0.25) is 0 Å². The van der Waals surface area contributed by atoms with E-state index in [0.29, 0.717) is 17.9 Å². The lowest BCUT2D eigenvalue weighted by Gasteiger charge is -2.41. The lowest BCUT2D eigenvalue weighted by molar-refractivity contribution is 0.266. The lowest BCUT2D eigenvalue weighted by atomic mass is 9.86. The molecule has 0 aliphatic carbocycles. The van der Waals surface area contributed by atoms with E-state index in [4.69, 9.17) is 4.74 Å². The van der Waals surface area contributed by atoms with E-state index in [1.54, 1.807) is 6.92 Å². The minimum atomic E-state index is -3.39. The van der Waals surface area contributed by atoms with E-state index in [2.05, 4.69) is 0 Å². The number of fused-ring (bicyclic) bond motifs is 2. The van der Waals surface area contributed by atoms with Crippen LogP contribution in [0.1, 0.15) is 39.0 Å². The van der Waals surface area contributed by atoms with Gasteiger partial charge in [0.25, 0.3) is 0 Å². The van der Waals surface area contributed by atoms with Gasteiger partial charge >= 0.3 is 0 Å². The number of allylic oxidation sites excluding steroid dienone is 3. The highest BCUT2D eigenvalue weighted by molar-refractivity contribution is 7.96. The summed E-state index contributed by atoms with van der Waals surface area (Å²) in [7, 11) is -3.39. The first-order valence-corrected chi connectivity index (χ1v) is 9.01. The van der Waals surface area contributed by atoms with Crippen molar-refractivity contribution in [1.29, 1.82) is 0 Å². The summed E-state index contributed by atoms with van der Waals surface area (Å²) in [6.07, 6.45) is 0.497. The summed E-state index contributed by atoms with van der Waals surface area (Å²) >= 11 is 1.48. The molecule has 5 heteroatoms. The standard InChI is InChI=1S/C15H18O3S2/c1-9-10(2)12(4)20(16,17)15(11(9)3)6-7-18-13-5-8-19-14(13)15/h5,8H,6-7H2,1-4H3. The predicted octanol–water partition coefficient (Wildman–Crippen LogP) is 3.78. The van der Waals surface area contributed by atoms with E-state index in [-0.39, 0.29) is 0 Å². The van der Waals surface area contributed by atoms with Crippen LogP contribution in [-0.2, 0) is 14.6 Å². The highest BCUT2D eigenvalue weighted by Crippen LogP contribution is 2.55. The van der Waals surface area contributed by atoms with Crippen molar-refractivity contribution in [2.75, 3.05) is 6.61 Å². The smallest absolute Gasteiger partial charge is 0.189 e. The van der Waals surface area contributed by atoms with Crippen LogP contribution in [-0.4, -0.2) is 15.0 Å². The molecule has 20 heavy (non-hydrogen) atoms. The zero-order chi connectivity index (χ0) is 14.7. The van der Waals surface area contributed by atoms with E-state index in [9.17, 15) is 8.42 Å². The number of rotatable bonds is 0. The van der Waals surface area contributed by atoms with Crippen molar-refractivity contribution in [3.63, 3.8) is 0 Å². The summed E-state index contributed by atoms with van der Waals surface area (Å²) in [5.41, 5.74) is 2.93. The van der Waals surface area contributed by atoms with Gasteiger partial charge in [-0.05, 0) is 55.9 Å². The molecule has 1 spiro atoms. The molecule has 0 amide bonds. The number of thiophene rings is 1. The molecule has 3 rings (SSSR count). The highest BCUT2D eigenvalue weighted by Gasteiger charge is 2.54. The molecule has 0 saturated carbocycles. The van der Waals surface area contributed by atoms with Crippen LogP contribution in [0, 0.1) is 0 Å².